The van der Waals surface area contributed by atoms with Gasteiger partial charge in [-0.15, -0.1) is 0 Å². The second-order valence-electron chi connectivity index (χ2n) is 5.89. The van der Waals surface area contributed by atoms with Crippen LogP contribution >= 0.6 is 11.9 Å². The van der Waals surface area contributed by atoms with Gasteiger partial charge in [0.05, 0.1) is 12.7 Å². The zero-order valence-corrected chi connectivity index (χ0v) is 15.2. The molecule has 1 aliphatic rings. The van der Waals surface area contributed by atoms with Gasteiger partial charge >= 0.3 is 5.97 Å². The standard InChI is InChI=1S/C20H25NO2S/c1-5-7-17(6-2)19-13-8-15(3)21(24-19)14-16-9-11-18(12-10-16)20(22)23-4/h5-7,9-12,15,19H,1-2,8,13-14H2,3-4H3/b17-7+/t15-,19?/m0/s1. The van der Waals surface area contributed by atoms with Crippen LogP contribution in [0.1, 0.15) is 35.7 Å². The molecule has 0 aromatic heterocycles. The molecule has 0 aliphatic carbocycles. The SMILES string of the molecule is C=C/C=C(\C=C)C1CC[C@H](C)N(Cc2ccc(C(=O)OC)cc2)S1. The number of carbonyl (C=O) groups excluding carboxylic acids is 1. The number of allylic oxidation sites excluding steroid dienone is 3. The van der Waals surface area contributed by atoms with Crippen molar-refractivity contribution in [2.24, 2.45) is 0 Å². The molecule has 0 spiro atoms. The summed E-state index contributed by atoms with van der Waals surface area (Å²) in [4.78, 5) is 11.5. The van der Waals surface area contributed by atoms with Crippen LogP contribution in [0.5, 0.6) is 0 Å². The predicted octanol–water partition coefficient (Wildman–Crippen LogP) is 4.77. The third-order valence-corrected chi connectivity index (χ3v) is 5.75. The molecular formula is C20H25NO2S. The maximum Gasteiger partial charge on any atom is 0.337 e. The highest BCUT2D eigenvalue weighted by Crippen LogP contribution is 2.37. The van der Waals surface area contributed by atoms with Crippen molar-refractivity contribution in [3.05, 3.63) is 72.4 Å². The average Bonchev–Trinajstić information content (AvgIpc) is 2.61. The van der Waals surface area contributed by atoms with Gasteiger partial charge in [0, 0.05) is 17.8 Å². The molecule has 0 radical (unpaired) electrons. The maximum absolute atomic E-state index is 11.5. The highest BCUT2D eigenvalue weighted by Gasteiger charge is 2.27. The fourth-order valence-electron chi connectivity index (χ4n) is 2.76. The van der Waals surface area contributed by atoms with E-state index in [0.29, 0.717) is 16.9 Å². The van der Waals surface area contributed by atoms with Crippen LogP contribution in [0.2, 0.25) is 0 Å². The Morgan fingerprint density at radius 1 is 1.33 bits per heavy atom. The lowest BCUT2D eigenvalue weighted by molar-refractivity contribution is 0.0600. The van der Waals surface area contributed by atoms with Crippen LogP contribution in [0.4, 0.5) is 0 Å². The number of rotatable bonds is 6. The Kier molecular flexibility index (Phi) is 6.88. The number of hydrogen-bond acceptors (Lipinski definition) is 4. The third-order valence-electron chi connectivity index (χ3n) is 4.23. The van der Waals surface area contributed by atoms with Gasteiger partial charge in [0.15, 0.2) is 0 Å². The molecule has 1 heterocycles. The normalized spacial score (nSPS) is 22.0. The number of ether oxygens (including phenoxy) is 1. The quantitative estimate of drug-likeness (QED) is 0.423. The fourth-order valence-corrected chi connectivity index (χ4v) is 4.17. The summed E-state index contributed by atoms with van der Waals surface area (Å²) in [6.07, 6.45) is 8.10. The molecule has 128 valence electrons. The minimum Gasteiger partial charge on any atom is -0.465 e. The second-order valence-corrected chi connectivity index (χ2v) is 7.14. The van der Waals surface area contributed by atoms with Gasteiger partial charge < -0.3 is 4.74 Å². The molecule has 0 N–H and O–H groups in total. The van der Waals surface area contributed by atoms with Gasteiger partial charge in [-0.05, 0) is 43.0 Å². The van der Waals surface area contributed by atoms with Crippen molar-refractivity contribution >= 4 is 17.9 Å². The molecule has 24 heavy (non-hydrogen) atoms. The zero-order chi connectivity index (χ0) is 17.5. The molecule has 0 bridgehead atoms. The summed E-state index contributed by atoms with van der Waals surface area (Å²) in [5, 5.41) is 0.422. The number of benzene rings is 1. The van der Waals surface area contributed by atoms with E-state index >= 15 is 0 Å². The molecule has 1 aliphatic heterocycles. The first-order chi connectivity index (χ1) is 11.6. The zero-order valence-electron chi connectivity index (χ0n) is 14.4. The summed E-state index contributed by atoms with van der Waals surface area (Å²) in [7, 11) is 1.40. The van der Waals surface area contributed by atoms with Crippen LogP contribution in [0.15, 0.2) is 61.2 Å². The maximum atomic E-state index is 11.5. The van der Waals surface area contributed by atoms with Gasteiger partial charge in [-0.1, -0.05) is 55.5 Å². The van der Waals surface area contributed by atoms with Crippen molar-refractivity contribution in [2.75, 3.05) is 7.11 Å². The molecule has 1 aromatic rings. The summed E-state index contributed by atoms with van der Waals surface area (Å²) in [6.45, 7) is 10.8. The largest absolute Gasteiger partial charge is 0.465 e. The number of hydrogen-bond donors (Lipinski definition) is 0. The van der Waals surface area contributed by atoms with E-state index in [1.165, 1.54) is 18.2 Å². The van der Waals surface area contributed by atoms with Gasteiger partial charge in [-0.25, -0.2) is 9.10 Å². The number of carbonyl (C=O) groups is 1. The van der Waals surface area contributed by atoms with Crippen LogP contribution in [-0.4, -0.2) is 28.7 Å². The van der Waals surface area contributed by atoms with Crippen LogP contribution in [-0.2, 0) is 11.3 Å². The first-order valence-electron chi connectivity index (χ1n) is 8.14. The van der Waals surface area contributed by atoms with E-state index in [1.54, 1.807) is 0 Å². The lowest BCUT2D eigenvalue weighted by Crippen LogP contribution is -2.34. The number of methoxy groups -OCH3 is 1. The van der Waals surface area contributed by atoms with E-state index in [1.807, 2.05) is 54.4 Å². The molecule has 1 unspecified atom stereocenters. The highest BCUT2D eigenvalue weighted by atomic mass is 32.2. The average molecular weight is 343 g/mol. The summed E-state index contributed by atoms with van der Waals surface area (Å²) in [5.74, 6) is -0.299. The Hall–Kier alpha value is -1.78. The molecule has 0 amide bonds. The van der Waals surface area contributed by atoms with Gasteiger partial charge in [0.2, 0.25) is 0 Å². The molecule has 1 saturated heterocycles. The molecule has 2 rings (SSSR count). The third kappa shape index (κ3) is 4.62. The van der Waals surface area contributed by atoms with Crippen LogP contribution in [0.3, 0.4) is 0 Å². The smallest absolute Gasteiger partial charge is 0.337 e. The van der Waals surface area contributed by atoms with E-state index in [9.17, 15) is 4.79 Å². The van der Waals surface area contributed by atoms with Crippen molar-refractivity contribution in [3.63, 3.8) is 0 Å². The van der Waals surface area contributed by atoms with Crippen LogP contribution < -0.4 is 0 Å². The van der Waals surface area contributed by atoms with Crippen molar-refractivity contribution < 1.29 is 9.53 Å². The summed E-state index contributed by atoms with van der Waals surface area (Å²) < 4.78 is 7.16. The van der Waals surface area contributed by atoms with Crippen LogP contribution in [0.25, 0.3) is 0 Å². The topological polar surface area (TPSA) is 29.5 Å². The molecule has 2 atom stereocenters. The highest BCUT2D eigenvalue weighted by molar-refractivity contribution is 7.97. The van der Waals surface area contributed by atoms with Crippen LogP contribution in [0, 0.1) is 0 Å². The molecule has 3 nitrogen and oxygen atoms in total. The fraction of sp³-hybridized carbons (Fsp3) is 0.350. The van der Waals surface area contributed by atoms with Gasteiger partial charge in [-0.2, -0.15) is 0 Å². The summed E-state index contributed by atoms with van der Waals surface area (Å²) in [5.41, 5.74) is 3.00. The van der Waals surface area contributed by atoms with Crippen molar-refractivity contribution in [1.82, 2.24) is 4.31 Å². The summed E-state index contributed by atoms with van der Waals surface area (Å²) in [6, 6.07) is 8.16. The molecule has 4 heteroatoms. The number of nitrogens with zero attached hydrogens (tertiary/aromatic N) is 1. The van der Waals surface area contributed by atoms with E-state index in [0.717, 1.165) is 19.4 Å². The first-order valence-corrected chi connectivity index (χ1v) is 8.98. The Bertz CT molecular complexity index is 621. The van der Waals surface area contributed by atoms with E-state index in [4.69, 9.17) is 4.74 Å². The van der Waals surface area contributed by atoms with Crippen molar-refractivity contribution in [1.29, 1.82) is 0 Å². The number of esters is 1. The minimum absolute atomic E-state index is 0.299. The molecule has 1 aromatic carbocycles. The Morgan fingerprint density at radius 2 is 2.04 bits per heavy atom. The Morgan fingerprint density at radius 3 is 2.62 bits per heavy atom. The molecule has 0 saturated carbocycles. The van der Waals surface area contributed by atoms with E-state index < -0.39 is 0 Å². The van der Waals surface area contributed by atoms with Crippen molar-refractivity contribution in [3.8, 4) is 0 Å². The monoisotopic (exact) mass is 343 g/mol. The van der Waals surface area contributed by atoms with Gasteiger partial charge in [0.25, 0.3) is 0 Å². The predicted molar refractivity (Wildman–Crippen MR) is 102 cm³/mol. The minimum atomic E-state index is -0.299. The molecular weight excluding hydrogens is 318 g/mol. The summed E-state index contributed by atoms with van der Waals surface area (Å²) >= 11 is 1.88. The lowest BCUT2D eigenvalue weighted by Gasteiger charge is -2.37. The second kappa shape index (κ2) is 8.90. The molecule has 1 fully saturated rings. The van der Waals surface area contributed by atoms with E-state index in [2.05, 4.69) is 24.4 Å². The van der Waals surface area contributed by atoms with E-state index in [-0.39, 0.29) is 5.97 Å². The lowest BCUT2D eigenvalue weighted by atomic mass is 10.0. The first kappa shape index (κ1) is 18.6. The van der Waals surface area contributed by atoms with Gasteiger partial charge in [0.1, 0.15) is 0 Å². The van der Waals surface area contributed by atoms with Crippen molar-refractivity contribution in [2.45, 2.75) is 37.6 Å². The van der Waals surface area contributed by atoms with Gasteiger partial charge in [-0.3, -0.25) is 0 Å². The Balaban J connectivity index is 2.07. The Labute approximate surface area is 149 Å².